The Labute approximate surface area is 135 Å². The normalized spacial score (nSPS) is 21.4. The van der Waals surface area contributed by atoms with Crippen LogP contribution in [-0.2, 0) is 20.9 Å². The molecule has 1 saturated heterocycles. The lowest BCUT2D eigenvalue weighted by atomic mass is 9.93. The number of benzene rings is 1. The van der Waals surface area contributed by atoms with Crippen molar-refractivity contribution in [1.29, 1.82) is 0 Å². The molecule has 0 saturated carbocycles. The van der Waals surface area contributed by atoms with Gasteiger partial charge in [-0.2, -0.15) is 0 Å². The highest BCUT2D eigenvalue weighted by atomic mass is 19.1. The number of carboxylic acids is 1. The Morgan fingerprint density at radius 2 is 2.00 bits per heavy atom. The number of amides is 1. The average Bonchev–Trinajstić information content (AvgIpc) is 2.91. The summed E-state index contributed by atoms with van der Waals surface area (Å²) in [5.74, 6) is -1.79. The molecule has 0 aliphatic carbocycles. The van der Waals surface area contributed by atoms with E-state index >= 15 is 0 Å². The smallest absolute Gasteiger partial charge is 0.343 e. The number of carboxylic acid groups (broad SMARTS) is 1. The van der Waals surface area contributed by atoms with E-state index in [0.717, 1.165) is 5.56 Å². The van der Waals surface area contributed by atoms with Crippen LogP contribution in [0.1, 0.15) is 25.8 Å². The minimum atomic E-state index is -2.34. The van der Waals surface area contributed by atoms with Crippen LogP contribution in [0.25, 0.3) is 0 Å². The zero-order chi connectivity index (χ0) is 17.1. The van der Waals surface area contributed by atoms with Gasteiger partial charge in [-0.25, -0.2) is 9.18 Å². The fraction of sp³-hybridized carbons (Fsp3) is 0.529. The van der Waals surface area contributed by atoms with Crippen LogP contribution in [0.15, 0.2) is 30.3 Å². The molecule has 1 N–H and O–H groups in total. The number of hydrogen-bond donors (Lipinski definition) is 1. The van der Waals surface area contributed by atoms with Gasteiger partial charge in [-0.3, -0.25) is 4.79 Å². The molecule has 6 heteroatoms. The first-order valence-corrected chi connectivity index (χ1v) is 7.58. The van der Waals surface area contributed by atoms with Crippen molar-refractivity contribution in [2.75, 3.05) is 19.7 Å². The summed E-state index contributed by atoms with van der Waals surface area (Å²) in [5, 5.41) is 8.90. The van der Waals surface area contributed by atoms with E-state index in [9.17, 15) is 14.0 Å². The minimum Gasteiger partial charge on any atom is -0.479 e. The second-order valence-corrected chi connectivity index (χ2v) is 6.61. The molecule has 1 aliphatic heterocycles. The molecule has 0 spiro atoms. The van der Waals surface area contributed by atoms with Crippen molar-refractivity contribution in [3.63, 3.8) is 0 Å². The van der Waals surface area contributed by atoms with E-state index in [-0.39, 0.29) is 25.5 Å². The first kappa shape index (κ1) is 17.4. The first-order valence-electron chi connectivity index (χ1n) is 7.58. The number of alkyl halides is 1. The fourth-order valence-electron chi connectivity index (χ4n) is 2.61. The van der Waals surface area contributed by atoms with E-state index in [1.807, 2.05) is 30.3 Å². The Morgan fingerprint density at radius 1 is 1.35 bits per heavy atom. The van der Waals surface area contributed by atoms with Crippen molar-refractivity contribution in [3.05, 3.63) is 35.9 Å². The van der Waals surface area contributed by atoms with Crippen LogP contribution in [0.4, 0.5) is 4.39 Å². The summed E-state index contributed by atoms with van der Waals surface area (Å²) in [4.78, 5) is 24.7. The maximum absolute atomic E-state index is 14.1. The zero-order valence-electron chi connectivity index (χ0n) is 13.4. The van der Waals surface area contributed by atoms with Gasteiger partial charge in [-0.1, -0.05) is 30.3 Å². The summed E-state index contributed by atoms with van der Waals surface area (Å²) in [6.45, 7) is 3.73. The van der Waals surface area contributed by atoms with Gasteiger partial charge in [0, 0.05) is 13.0 Å². The molecule has 1 amide bonds. The molecule has 1 fully saturated rings. The van der Waals surface area contributed by atoms with Gasteiger partial charge in [0.15, 0.2) is 0 Å². The fourth-order valence-corrected chi connectivity index (χ4v) is 2.61. The van der Waals surface area contributed by atoms with Gasteiger partial charge >= 0.3 is 5.97 Å². The third-order valence-corrected chi connectivity index (χ3v) is 4.04. The number of carbonyl (C=O) groups is 2. The molecular weight excluding hydrogens is 301 g/mol. The third kappa shape index (κ3) is 4.07. The van der Waals surface area contributed by atoms with Gasteiger partial charge < -0.3 is 14.7 Å². The van der Waals surface area contributed by atoms with Gasteiger partial charge in [0.2, 0.25) is 11.6 Å². The standard InChI is InChI=1S/C17H22FNO4/c1-16(2,12-23-10-13-6-4-3-5-7-13)14(20)19-9-8-17(18,11-19)15(21)22/h3-7H,8-12H2,1-2H3,(H,21,22). The highest BCUT2D eigenvalue weighted by Crippen LogP contribution is 2.30. The summed E-state index contributed by atoms with van der Waals surface area (Å²) < 4.78 is 19.7. The number of ether oxygens (including phenoxy) is 1. The lowest BCUT2D eigenvalue weighted by Gasteiger charge is -2.29. The summed E-state index contributed by atoms with van der Waals surface area (Å²) in [6, 6.07) is 9.59. The van der Waals surface area contributed by atoms with Crippen molar-refractivity contribution in [2.24, 2.45) is 5.41 Å². The molecular formula is C17H22FNO4. The van der Waals surface area contributed by atoms with Crippen molar-refractivity contribution in [2.45, 2.75) is 32.5 Å². The summed E-state index contributed by atoms with van der Waals surface area (Å²) >= 11 is 0. The van der Waals surface area contributed by atoms with E-state index in [2.05, 4.69) is 0 Å². The number of rotatable bonds is 6. The Bertz CT molecular complexity index is 575. The number of halogens is 1. The zero-order valence-corrected chi connectivity index (χ0v) is 13.4. The van der Waals surface area contributed by atoms with Crippen molar-refractivity contribution < 1.29 is 23.8 Å². The van der Waals surface area contributed by atoms with Gasteiger partial charge in [0.05, 0.1) is 25.2 Å². The van der Waals surface area contributed by atoms with E-state index in [1.54, 1.807) is 13.8 Å². The molecule has 1 heterocycles. The van der Waals surface area contributed by atoms with Crippen LogP contribution in [0.5, 0.6) is 0 Å². The van der Waals surface area contributed by atoms with Crippen LogP contribution in [0.2, 0.25) is 0 Å². The summed E-state index contributed by atoms with van der Waals surface area (Å²) in [7, 11) is 0. The number of hydrogen-bond acceptors (Lipinski definition) is 3. The average molecular weight is 323 g/mol. The Kier molecular flexibility index (Phi) is 5.04. The predicted molar refractivity (Wildman–Crippen MR) is 82.6 cm³/mol. The van der Waals surface area contributed by atoms with Crippen LogP contribution in [0.3, 0.4) is 0 Å². The number of aliphatic carboxylic acids is 1. The quantitative estimate of drug-likeness (QED) is 0.872. The topological polar surface area (TPSA) is 66.8 Å². The molecule has 1 unspecified atom stereocenters. The lowest BCUT2D eigenvalue weighted by molar-refractivity contribution is -0.151. The Balaban J connectivity index is 1.89. The maximum atomic E-state index is 14.1. The van der Waals surface area contributed by atoms with E-state index in [0.29, 0.717) is 6.61 Å². The van der Waals surface area contributed by atoms with Gasteiger partial charge in [0.25, 0.3) is 0 Å². The molecule has 1 atom stereocenters. The second-order valence-electron chi connectivity index (χ2n) is 6.61. The lowest BCUT2D eigenvalue weighted by Crippen LogP contribution is -2.45. The van der Waals surface area contributed by atoms with E-state index in [1.165, 1.54) is 4.90 Å². The number of carbonyl (C=O) groups excluding carboxylic acids is 1. The number of likely N-dealkylation sites (tertiary alicyclic amines) is 1. The first-order chi connectivity index (χ1) is 10.7. The van der Waals surface area contributed by atoms with Crippen molar-refractivity contribution >= 4 is 11.9 Å². The van der Waals surface area contributed by atoms with E-state index < -0.39 is 23.6 Å². The molecule has 1 aliphatic rings. The highest BCUT2D eigenvalue weighted by Gasteiger charge is 2.48. The molecule has 23 heavy (non-hydrogen) atoms. The Morgan fingerprint density at radius 3 is 2.57 bits per heavy atom. The molecule has 1 aromatic rings. The predicted octanol–water partition coefficient (Wildman–Crippen LogP) is 2.25. The second kappa shape index (κ2) is 6.66. The molecule has 0 bridgehead atoms. The molecule has 126 valence electrons. The van der Waals surface area contributed by atoms with E-state index in [4.69, 9.17) is 9.84 Å². The third-order valence-electron chi connectivity index (χ3n) is 4.04. The van der Waals surface area contributed by atoms with Gasteiger partial charge in [0.1, 0.15) is 0 Å². The summed E-state index contributed by atoms with van der Waals surface area (Å²) in [6.07, 6.45) is -0.172. The number of nitrogens with zero attached hydrogens (tertiary/aromatic N) is 1. The maximum Gasteiger partial charge on any atom is 0.343 e. The van der Waals surface area contributed by atoms with Gasteiger partial charge in [-0.15, -0.1) is 0 Å². The molecule has 0 aromatic heterocycles. The van der Waals surface area contributed by atoms with Crippen LogP contribution < -0.4 is 0 Å². The van der Waals surface area contributed by atoms with Crippen LogP contribution in [0, 0.1) is 5.41 Å². The van der Waals surface area contributed by atoms with Crippen LogP contribution in [-0.4, -0.2) is 47.2 Å². The van der Waals surface area contributed by atoms with Crippen molar-refractivity contribution in [1.82, 2.24) is 4.90 Å². The Hall–Kier alpha value is -1.95. The molecule has 1 aromatic carbocycles. The van der Waals surface area contributed by atoms with Crippen molar-refractivity contribution in [3.8, 4) is 0 Å². The molecule has 0 radical (unpaired) electrons. The van der Waals surface area contributed by atoms with Crippen LogP contribution >= 0.6 is 0 Å². The monoisotopic (exact) mass is 323 g/mol. The minimum absolute atomic E-state index is 0.115. The SMILES string of the molecule is CC(C)(COCc1ccccc1)C(=O)N1CCC(F)(C(=O)O)C1. The highest BCUT2D eigenvalue weighted by molar-refractivity contribution is 5.85. The largest absolute Gasteiger partial charge is 0.479 e. The van der Waals surface area contributed by atoms with Gasteiger partial charge in [-0.05, 0) is 19.4 Å². The molecule has 5 nitrogen and oxygen atoms in total. The summed E-state index contributed by atoms with van der Waals surface area (Å²) in [5.41, 5.74) is -2.17. The molecule has 2 rings (SSSR count).